The van der Waals surface area contributed by atoms with Crippen molar-refractivity contribution in [2.45, 2.75) is 32.4 Å². The van der Waals surface area contributed by atoms with Crippen LogP contribution in [0.15, 0.2) is 48.7 Å². The van der Waals surface area contributed by atoms with Crippen LogP contribution in [0.1, 0.15) is 44.0 Å². The second-order valence-electron chi connectivity index (χ2n) is 7.21. The summed E-state index contributed by atoms with van der Waals surface area (Å²) in [4.78, 5) is 29.7. The summed E-state index contributed by atoms with van der Waals surface area (Å²) in [6, 6.07) is 13.2. The summed E-state index contributed by atoms with van der Waals surface area (Å²) in [6.45, 7) is 2.41. The highest BCUT2D eigenvalue weighted by Crippen LogP contribution is 2.24. The predicted octanol–water partition coefficient (Wildman–Crippen LogP) is 4.86. The van der Waals surface area contributed by atoms with Crippen molar-refractivity contribution in [2.75, 3.05) is 10.6 Å². The summed E-state index contributed by atoms with van der Waals surface area (Å²) in [6.07, 6.45) is 3.59. The number of anilines is 2. The van der Waals surface area contributed by atoms with E-state index >= 15 is 0 Å². The maximum absolute atomic E-state index is 12.7. The summed E-state index contributed by atoms with van der Waals surface area (Å²) in [5, 5.41) is 10.4. The molecule has 1 fully saturated rings. The molecule has 8 heteroatoms. The number of carbonyl (C=O) groups is 2. The Balaban J connectivity index is 1.40. The number of amides is 2. The van der Waals surface area contributed by atoms with Crippen LogP contribution in [0.2, 0.25) is 5.02 Å². The molecule has 3 N–H and O–H groups in total. The molecule has 2 aromatic carbocycles. The molecular weight excluding hydrogens is 420 g/mol. The Morgan fingerprint density at radius 2 is 1.97 bits per heavy atom. The molecule has 3 aromatic rings. The third kappa shape index (κ3) is 4.98. The summed E-state index contributed by atoms with van der Waals surface area (Å²) < 4.78 is 0. The third-order valence-electron chi connectivity index (χ3n) is 4.78. The molecule has 1 aliphatic rings. The normalized spacial score (nSPS) is 13.0. The number of carbonyl (C=O) groups excluding carboxylic acids is 2. The van der Waals surface area contributed by atoms with Crippen LogP contribution >= 0.6 is 22.9 Å². The molecule has 0 bridgehead atoms. The van der Waals surface area contributed by atoms with Gasteiger partial charge in [-0.1, -0.05) is 47.2 Å². The number of benzene rings is 2. The number of rotatable bonds is 7. The van der Waals surface area contributed by atoms with Gasteiger partial charge in [0, 0.05) is 28.9 Å². The van der Waals surface area contributed by atoms with Gasteiger partial charge >= 0.3 is 0 Å². The van der Waals surface area contributed by atoms with Crippen LogP contribution in [0.3, 0.4) is 0 Å². The van der Waals surface area contributed by atoms with Crippen molar-refractivity contribution >= 4 is 45.6 Å². The molecule has 1 aromatic heterocycles. The van der Waals surface area contributed by atoms with Crippen LogP contribution in [0.25, 0.3) is 0 Å². The smallest absolute Gasteiger partial charge is 0.267 e. The van der Waals surface area contributed by atoms with Crippen molar-refractivity contribution in [3.05, 3.63) is 75.3 Å². The largest absolute Gasteiger partial charge is 0.357 e. The lowest BCUT2D eigenvalue weighted by atomic mass is 10.1. The lowest BCUT2D eigenvalue weighted by Crippen LogP contribution is -2.25. The minimum atomic E-state index is -0.263. The number of halogens is 1. The summed E-state index contributed by atoms with van der Waals surface area (Å²) in [5.41, 5.74) is 2.99. The molecule has 6 nitrogen and oxygen atoms in total. The number of nitrogens with one attached hydrogen (secondary N) is 3. The highest BCUT2D eigenvalue weighted by atomic mass is 35.5. The number of thiazole rings is 1. The fourth-order valence-electron chi connectivity index (χ4n) is 2.85. The van der Waals surface area contributed by atoms with E-state index in [1.807, 2.05) is 37.3 Å². The molecule has 0 unspecified atom stereocenters. The lowest BCUT2D eigenvalue weighted by Gasteiger charge is -2.10. The zero-order valence-electron chi connectivity index (χ0n) is 16.4. The molecule has 0 radical (unpaired) electrons. The second-order valence-corrected chi connectivity index (χ2v) is 8.64. The molecular formula is C22H21ClN4O2S. The van der Waals surface area contributed by atoms with Crippen molar-refractivity contribution in [3.63, 3.8) is 0 Å². The molecule has 0 saturated heterocycles. The Morgan fingerprint density at radius 1 is 1.17 bits per heavy atom. The first-order valence-electron chi connectivity index (χ1n) is 9.65. The van der Waals surface area contributed by atoms with Gasteiger partial charge in [0.15, 0.2) is 5.13 Å². The molecule has 4 rings (SSSR count). The van der Waals surface area contributed by atoms with Gasteiger partial charge in [-0.25, -0.2) is 4.98 Å². The van der Waals surface area contributed by atoms with E-state index in [1.54, 1.807) is 12.1 Å². The molecule has 30 heavy (non-hydrogen) atoms. The molecule has 1 heterocycles. The first kappa shape index (κ1) is 20.4. The Labute approximate surface area is 183 Å². The minimum Gasteiger partial charge on any atom is -0.357 e. The first-order valence-corrected chi connectivity index (χ1v) is 10.8. The van der Waals surface area contributed by atoms with E-state index in [1.165, 1.54) is 17.5 Å². The average molecular weight is 441 g/mol. The van der Waals surface area contributed by atoms with Crippen LogP contribution in [0, 0.1) is 6.92 Å². The topological polar surface area (TPSA) is 83.1 Å². The van der Waals surface area contributed by atoms with Gasteiger partial charge in [0.1, 0.15) is 4.88 Å². The molecule has 1 saturated carbocycles. The second kappa shape index (κ2) is 8.85. The van der Waals surface area contributed by atoms with Crippen molar-refractivity contribution in [1.82, 2.24) is 10.3 Å². The fourth-order valence-corrected chi connectivity index (χ4v) is 3.76. The van der Waals surface area contributed by atoms with E-state index in [0.717, 1.165) is 24.0 Å². The Kier molecular flexibility index (Phi) is 6.01. The number of nitrogens with zero attached hydrogens (tertiary/aromatic N) is 1. The number of hydrogen-bond donors (Lipinski definition) is 3. The SMILES string of the molecule is Cc1ccc(C(=O)NC2CC2)cc1NC(=O)c1cnc(NCc2ccccc2Cl)s1. The van der Waals surface area contributed by atoms with Crippen molar-refractivity contribution in [1.29, 1.82) is 0 Å². The Bertz CT molecular complexity index is 1090. The van der Waals surface area contributed by atoms with Crippen molar-refractivity contribution in [3.8, 4) is 0 Å². The molecule has 0 aliphatic heterocycles. The van der Waals surface area contributed by atoms with Gasteiger partial charge in [-0.2, -0.15) is 0 Å². The highest BCUT2D eigenvalue weighted by molar-refractivity contribution is 7.17. The molecule has 1 aliphatic carbocycles. The minimum absolute atomic E-state index is 0.114. The van der Waals surface area contributed by atoms with E-state index in [4.69, 9.17) is 11.6 Å². The van der Waals surface area contributed by atoms with Gasteiger partial charge in [-0.15, -0.1) is 0 Å². The Morgan fingerprint density at radius 3 is 2.73 bits per heavy atom. The van der Waals surface area contributed by atoms with E-state index in [2.05, 4.69) is 20.9 Å². The van der Waals surface area contributed by atoms with Crippen LogP contribution in [-0.4, -0.2) is 22.8 Å². The maximum Gasteiger partial charge on any atom is 0.267 e. The van der Waals surface area contributed by atoms with E-state index < -0.39 is 0 Å². The van der Waals surface area contributed by atoms with E-state index in [-0.39, 0.29) is 17.9 Å². The van der Waals surface area contributed by atoms with Gasteiger partial charge in [0.25, 0.3) is 11.8 Å². The Hall–Kier alpha value is -2.90. The standard InChI is InChI=1S/C22H21ClN4O2S/c1-13-6-7-14(20(28)26-16-8-9-16)10-18(13)27-21(29)19-12-25-22(30-19)24-11-15-4-2-3-5-17(15)23/h2-7,10,12,16H,8-9,11H2,1H3,(H,24,25)(H,26,28)(H,27,29). The lowest BCUT2D eigenvalue weighted by molar-refractivity contribution is 0.0949. The molecule has 154 valence electrons. The van der Waals surface area contributed by atoms with Gasteiger partial charge in [0.05, 0.1) is 6.20 Å². The average Bonchev–Trinajstić information content (AvgIpc) is 3.42. The zero-order chi connectivity index (χ0) is 21.1. The van der Waals surface area contributed by atoms with Crippen molar-refractivity contribution in [2.24, 2.45) is 0 Å². The number of aromatic nitrogens is 1. The van der Waals surface area contributed by atoms with Crippen LogP contribution in [-0.2, 0) is 6.54 Å². The first-order chi connectivity index (χ1) is 14.5. The maximum atomic E-state index is 12.7. The van der Waals surface area contributed by atoms with Crippen LogP contribution in [0.5, 0.6) is 0 Å². The summed E-state index contributed by atoms with van der Waals surface area (Å²) in [7, 11) is 0. The van der Waals surface area contributed by atoms with Gasteiger partial charge in [-0.05, 0) is 49.1 Å². The van der Waals surface area contributed by atoms with Crippen LogP contribution in [0.4, 0.5) is 10.8 Å². The summed E-state index contributed by atoms with van der Waals surface area (Å²) in [5.74, 6) is -0.377. The van der Waals surface area contributed by atoms with Gasteiger partial charge in [-0.3, -0.25) is 9.59 Å². The number of aryl methyl sites for hydroxylation is 1. The van der Waals surface area contributed by atoms with Gasteiger partial charge < -0.3 is 16.0 Å². The van der Waals surface area contributed by atoms with E-state index in [9.17, 15) is 9.59 Å². The quantitative estimate of drug-likeness (QED) is 0.489. The monoisotopic (exact) mass is 440 g/mol. The van der Waals surface area contributed by atoms with Gasteiger partial charge in [0.2, 0.25) is 0 Å². The number of hydrogen-bond acceptors (Lipinski definition) is 5. The van der Waals surface area contributed by atoms with E-state index in [0.29, 0.717) is 32.8 Å². The van der Waals surface area contributed by atoms with Crippen molar-refractivity contribution < 1.29 is 9.59 Å². The fraction of sp³-hybridized carbons (Fsp3) is 0.227. The predicted molar refractivity (Wildman–Crippen MR) is 121 cm³/mol. The molecule has 0 spiro atoms. The molecule has 2 amide bonds. The summed E-state index contributed by atoms with van der Waals surface area (Å²) >= 11 is 7.43. The van der Waals surface area contributed by atoms with Crippen LogP contribution < -0.4 is 16.0 Å². The molecule has 0 atom stereocenters. The highest BCUT2D eigenvalue weighted by Gasteiger charge is 2.24. The zero-order valence-corrected chi connectivity index (χ0v) is 17.9. The third-order valence-corrected chi connectivity index (χ3v) is 6.10.